The molecule has 0 bridgehead atoms. The third-order valence-electron chi connectivity index (χ3n) is 4.11. The van der Waals surface area contributed by atoms with E-state index < -0.39 is 11.5 Å². The first-order chi connectivity index (χ1) is 11.5. The lowest BCUT2D eigenvalue weighted by Gasteiger charge is -2.15. The molecule has 0 fully saturated rings. The van der Waals surface area contributed by atoms with Gasteiger partial charge in [-0.15, -0.1) is 0 Å². The molecule has 0 unspecified atom stereocenters. The Bertz CT molecular complexity index is 840. The summed E-state index contributed by atoms with van der Waals surface area (Å²) in [5.74, 6) is -0.492. The molecule has 0 saturated carbocycles. The summed E-state index contributed by atoms with van der Waals surface area (Å²) < 4.78 is 0. The van der Waals surface area contributed by atoms with E-state index in [0.717, 1.165) is 12.0 Å². The van der Waals surface area contributed by atoms with Crippen LogP contribution in [0.15, 0.2) is 35.1 Å². The zero-order valence-corrected chi connectivity index (χ0v) is 13.8. The monoisotopic (exact) mass is 344 g/mol. The Balaban J connectivity index is 1.69. The number of pyridine rings is 1. The number of aromatic amines is 1. The summed E-state index contributed by atoms with van der Waals surface area (Å²) in [6.07, 6.45) is 2.48. The summed E-state index contributed by atoms with van der Waals surface area (Å²) in [4.78, 5) is 38.9. The van der Waals surface area contributed by atoms with Gasteiger partial charge in [-0.3, -0.25) is 14.4 Å². The molecule has 0 radical (unpaired) electrons. The van der Waals surface area contributed by atoms with Crippen LogP contribution in [0.4, 0.5) is 0 Å². The summed E-state index contributed by atoms with van der Waals surface area (Å²) in [7, 11) is 0. The zero-order valence-electron chi connectivity index (χ0n) is 13.0. The Hall–Kier alpha value is -2.40. The molecule has 0 aliphatic heterocycles. The molecule has 1 aliphatic carbocycles. The van der Waals surface area contributed by atoms with Crippen molar-refractivity contribution in [1.82, 2.24) is 10.3 Å². The highest BCUT2D eigenvalue weighted by Crippen LogP contribution is 2.18. The molecule has 124 valence electrons. The largest absolute Gasteiger partial charge is 0.352 e. The second-order valence-electron chi connectivity index (χ2n) is 5.81. The number of nitrogens with one attached hydrogen (secondary N) is 2. The fourth-order valence-corrected chi connectivity index (χ4v) is 2.94. The van der Waals surface area contributed by atoms with Gasteiger partial charge in [-0.05, 0) is 43.0 Å². The molecule has 0 saturated heterocycles. The van der Waals surface area contributed by atoms with E-state index in [0.29, 0.717) is 42.1 Å². The standard InChI is InChI=1S/C18H17ClN2O3/c19-12-6-4-11(5-7-12)8-9-20-17(23)14-10-13-15(21-18(14)24)2-1-3-16(13)22/h4-7,10H,1-3,8-9H2,(H,20,23)(H,21,24). The molecule has 1 aliphatic rings. The summed E-state index contributed by atoms with van der Waals surface area (Å²) in [6.45, 7) is 0.394. The van der Waals surface area contributed by atoms with Crippen LogP contribution in [0.2, 0.25) is 5.02 Å². The van der Waals surface area contributed by atoms with Crippen molar-refractivity contribution < 1.29 is 9.59 Å². The van der Waals surface area contributed by atoms with Crippen LogP contribution in [0.25, 0.3) is 0 Å². The lowest BCUT2D eigenvalue weighted by atomic mass is 9.93. The Morgan fingerprint density at radius 1 is 1.17 bits per heavy atom. The minimum Gasteiger partial charge on any atom is -0.352 e. The maximum absolute atomic E-state index is 12.2. The maximum Gasteiger partial charge on any atom is 0.261 e. The molecular formula is C18H17ClN2O3. The van der Waals surface area contributed by atoms with E-state index in [9.17, 15) is 14.4 Å². The van der Waals surface area contributed by atoms with Gasteiger partial charge in [0.05, 0.1) is 0 Å². The van der Waals surface area contributed by atoms with Gasteiger partial charge in [0.15, 0.2) is 5.78 Å². The lowest BCUT2D eigenvalue weighted by Crippen LogP contribution is -2.32. The van der Waals surface area contributed by atoms with Crippen molar-refractivity contribution in [3.8, 4) is 0 Å². The van der Waals surface area contributed by atoms with Crippen molar-refractivity contribution in [3.05, 3.63) is 68.1 Å². The van der Waals surface area contributed by atoms with Crippen molar-refractivity contribution >= 4 is 23.3 Å². The number of benzene rings is 1. The topological polar surface area (TPSA) is 79.0 Å². The summed E-state index contributed by atoms with van der Waals surface area (Å²) >= 11 is 5.83. The highest BCUT2D eigenvalue weighted by Gasteiger charge is 2.21. The van der Waals surface area contributed by atoms with E-state index in [1.807, 2.05) is 12.1 Å². The maximum atomic E-state index is 12.2. The molecule has 6 heteroatoms. The number of fused-ring (bicyclic) bond motifs is 1. The second-order valence-corrected chi connectivity index (χ2v) is 6.25. The smallest absolute Gasteiger partial charge is 0.261 e. The van der Waals surface area contributed by atoms with Gasteiger partial charge in [-0.2, -0.15) is 0 Å². The van der Waals surface area contributed by atoms with Gasteiger partial charge in [0.25, 0.3) is 11.5 Å². The Labute approximate surface area is 144 Å². The molecule has 1 amide bonds. The van der Waals surface area contributed by atoms with Crippen LogP contribution in [0.5, 0.6) is 0 Å². The molecule has 5 nitrogen and oxygen atoms in total. The zero-order chi connectivity index (χ0) is 17.1. The van der Waals surface area contributed by atoms with Gasteiger partial charge >= 0.3 is 0 Å². The minimum atomic E-state index is -0.466. The van der Waals surface area contributed by atoms with Gasteiger partial charge in [0.1, 0.15) is 5.56 Å². The number of Topliss-reactive ketones (excluding diaryl/α,β-unsaturated/α-hetero) is 1. The Kier molecular flexibility index (Phi) is 4.81. The molecule has 0 spiro atoms. The molecule has 24 heavy (non-hydrogen) atoms. The van der Waals surface area contributed by atoms with E-state index >= 15 is 0 Å². The number of amides is 1. The number of carbonyl (C=O) groups excluding carboxylic acids is 2. The first-order valence-corrected chi connectivity index (χ1v) is 8.24. The summed E-state index contributed by atoms with van der Waals surface area (Å²) in [6, 6.07) is 8.78. The molecule has 3 rings (SSSR count). The van der Waals surface area contributed by atoms with E-state index in [1.54, 1.807) is 12.1 Å². The third kappa shape index (κ3) is 3.57. The normalized spacial score (nSPS) is 13.5. The van der Waals surface area contributed by atoms with Crippen LogP contribution in [0.3, 0.4) is 0 Å². The first kappa shape index (κ1) is 16.5. The van der Waals surface area contributed by atoms with Gasteiger partial charge in [0, 0.05) is 29.2 Å². The van der Waals surface area contributed by atoms with Crippen LogP contribution in [-0.2, 0) is 12.8 Å². The van der Waals surface area contributed by atoms with Crippen LogP contribution >= 0.6 is 11.6 Å². The molecule has 2 aromatic rings. The molecule has 1 aromatic heterocycles. The second kappa shape index (κ2) is 7.01. The van der Waals surface area contributed by atoms with E-state index in [4.69, 9.17) is 11.6 Å². The summed E-state index contributed by atoms with van der Waals surface area (Å²) in [5, 5.41) is 3.38. The van der Waals surface area contributed by atoms with Crippen LogP contribution in [0.1, 0.15) is 44.8 Å². The average Bonchev–Trinajstić information content (AvgIpc) is 2.56. The SMILES string of the molecule is O=C1CCCc2[nH]c(=O)c(C(=O)NCCc3ccc(Cl)cc3)cc21. The number of hydrogen-bond donors (Lipinski definition) is 2. The fourth-order valence-electron chi connectivity index (χ4n) is 2.81. The molecule has 0 atom stereocenters. The number of ketones is 1. The van der Waals surface area contributed by atoms with Crippen molar-refractivity contribution in [2.75, 3.05) is 6.54 Å². The van der Waals surface area contributed by atoms with Crippen molar-refractivity contribution in [1.29, 1.82) is 0 Å². The van der Waals surface area contributed by atoms with E-state index in [1.165, 1.54) is 6.07 Å². The molecule has 2 N–H and O–H groups in total. The first-order valence-electron chi connectivity index (χ1n) is 7.86. The number of H-pyrrole nitrogens is 1. The van der Waals surface area contributed by atoms with Crippen LogP contribution in [-0.4, -0.2) is 23.2 Å². The van der Waals surface area contributed by atoms with Gasteiger partial charge in [-0.1, -0.05) is 23.7 Å². The average molecular weight is 345 g/mol. The van der Waals surface area contributed by atoms with Crippen LogP contribution < -0.4 is 10.9 Å². The number of rotatable bonds is 4. The lowest BCUT2D eigenvalue weighted by molar-refractivity contribution is 0.0952. The molecular weight excluding hydrogens is 328 g/mol. The van der Waals surface area contributed by atoms with E-state index in [-0.39, 0.29) is 11.3 Å². The Morgan fingerprint density at radius 3 is 2.67 bits per heavy atom. The number of halogens is 1. The number of aromatic nitrogens is 1. The van der Waals surface area contributed by atoms with Crippen molar-refractivity contribution in [2.24, 2.45) is 0 Å². The van der Waals surface area contributed by atoms with Crippen molar-refractivity contribution in [3.63, 3.8) is 0 Å². The van der Waals surface area contributed by atoms with Gasteiger partial charge < -0.3 is 10.3 Å². The quantitative estimate of drug-likeness (QED) is 0.894. The predicted molar refractivity (Wildman–Crippen MR) is 91.8 cm³/mol. The Morgan fingerprint density at radius 2 is 1.92 bits per heavy atom. The number of carbonyl (C=O) groups is 2. The van der Waals surface area contributed by atoms with Crippen molar-refractivity contribution in [2.45, 2.75) is 25.7 Å². The molecule has 1 heterocycles. The van der Waals surface area contributed by atoms with Gasteiger partial charge in [-0.25, -0.2) is 0 Å². The minimum absolute atomic E-state index is 0.0138. The number of hydrogen-bond acceptors (Lipinski definition) is 3. The number of aryl methyl sites for hydroxylation is 1. The highest BCUT2D eigenvalue weighted by molar-refractivity contribution is 6.30. The third-order valence-corrected chi connectivity index (χ3v) is 4.36. The highest BCUT2D eigenvalue weighted by atomic mass is 35.5. The van der Waals surface area contributed by atoms with Gasteiger partial charge in [0.2, 0.25) is 0 Å². The predicted octanol–water partition coefficient (Wildman–Crippen LogP) is 2.52. The van der Waals surface area contributed by atoms with Crippen LogP contribution in [0, 0.1) is 0 Å². The van der Waals surface area contributed by atoms with E-state index in [2.05, 4.69) is 10.3 Å². The molecule has 1 aromatic carbocycles. The summed E-state index contributed by atoms with van der Waals surface area (Å²) in [5.41, 5.74) is 1.67. The fraction of sp³-hybridized carbons (Fsp3) is 0.278.